The first-order valence-electron chi connectivity index (χ1n) is 15.4. The van der Waals surface area contributed by atoms with Gasteiger partial charge in [0.15, 0.2) is 12.4 Å². The van der Waals surface area contributed by atoms with E-state index >= 15 is 0 Å². The molecule has 2 aliphatic rings. The molecule has 0 atom stereocenters. The first-order valence-corrected chi connectivity index (χ1v) is 15.4. The van der Waals surface area contributed by atoms with Crippen LogP contribution in [0.2, 0.25) is 0 Å². The van der Waals surface area contributed by atoms with Gasteiger partial charge < -0.3 is 4.90 Å². The first-order chi connectivity index (χ1) is 17.4. The van der Waals surface area contributed by atoms with Crippen molar-refractivity contribution in [2.45, 2.75) is 141 Å². The van der Waals surface area contributed by atoms with Crippen LogP contribution in [0.5, 0.6) is 0 Å². The lowest BCUT2D eigenvalue weighted by atomic mass is 10.0. The predicted molar refractivity (Wildman–Crippen MR) is 150 cm³/mol. The molecule has 0 aliphatic carbocycles. The predicted octanol–water partition coefficient (Wildman–Crippen LogP) is 8.89. The molecule has 1 aromatic rings. The van der Waals surface area contributed by atoms with Gasteiger partial charge >= 0.3 is 0 Å². The van der Waals surface area contributed by atoms with Crippen molar-refractivity contribution >= 4 is 0 Å². The molecule has 0 unspecified atom stereocenters. The highest BCUT2D eigenvalue weighted by Gasteiger charge is 2.04. The molecule has 3 heterocycles. The third kappa shape index (κ3) is 13.3. The number of fused-ring (bicyclic) bond motifs is 4. The number of aryl methyl sites for hydroxylation is 2. The largest absolute Gasteiger partial charge is 0.462 e. The molecule has 4 bridgehead atoms. The maximum Gasteiger partial charge on any atom is 0.171 e. The van der Waals surface area contributed by atoms with Crippen molar-refractivity contribution in [3.8, 4) is 0 Å². The van der Waals surface area contributed by atoms with Gasteiger partial charge in [-0.1, -0.05) is 96.3 Å². The molecule has 196 valence electrons. The number of hydrogen-bond donors (Lipinski definition) is 0. The summed E-state index contributed by atoms with van der Waals surface area (Å²) in [4.78, 5) is 2.43. The van der Waals surface area contributed by atoms with Crippen molar-refractivity contribution < 1.29 is 4.57 Å². The summed E-state index contributed by atoms with van der Waals surface area (Å²) in [6, 6.07) is 4.58. The number of rotatable bonds is 0. The zero-order valence-electron chi connectivity index (χ0n) is 22.8. The fourth-order valence-corrected chi connectivity index (χ4v) is 5.70. The molecule has 1 aromatic heterocycles. The lowest BCUT2D eigenvalue weighted by Crippen LogP contribution is -2.33. The van der Waals surface area contributed by atoms with Crippen molar-refractivity contribution in [1.29, 1.82) is 0 Å². The Morgan fingerprint density at radius 3 is 1.89 bits per heavy atom. The van der Waals surface area contributed by atoms with Crippen LogP contribution in [0.25, 0.3) is 0 Å². The Labute approximate surface area is 217 Å². The van der Waals surface area contributed by atoms with Crippen LogP contribution in [0.15, 0.2) is 42.3 Å². The van der Waals surface area contributed by atoms with Crippen molar-refractivity contribution in [2.75, 3.05) is 13.1 Å². The van der Waals surface area contributed by atoms with E-state index in [2.05, 4.69) is 52.3 Å². The summed E-state index contributed by atoms with van der Waals surface area (Å²) in [7, 11) is 0. The quantitative estimate of drug-likeness (QED) is 0.267. The summed E-state index contributed by atoms with van der Waals surface area (Å²) in [5.74, 6) is 0. The van der Waals surface area contributed by atoms with Crippen LogP contribution in [-0.2, 0) is 13.0 Å². The third-order valence-corrected chi connectivity index (χ3v) is 7.95. The van der Waals surface area contributed by atoms with Gasteiger partial charge in [-0.25, -0.2) is 16.7 Å². The molecule has 0 fully saturated rings. The van der Waals surface area contributed by atoms with Gasteiger partial charge in [-0.05, 0) is 44.7 Å². The van der Waals surface area contributed by atoms with E-state index in [1.807, 2.05) is 0 Å². The standard InChI is InChI=1S/C33H54N2/c1-2-4-8-12-16-22-32-24-20-29-35(30-32)27-19-15-11-7-5-9-13-17-23-33-25-21-28-34(31-33)26-18-14-10-6-3-1/h20-21,24-25,28,31H,1-19,22-23,26-27,30H2. The molecule has 0 saturated carbocycles. The second-order valence-electron chi connectivity index (χ2n) is 11.2. The molecular formula is C33H54N2. The molecule has 0 amide bonds. The smallest absolute Gasteiger partial charge is 0.171 e. The summed E-state index contributed by atoms with van der Waals surface area (Å²) in [6.07, 6.45) is 41.7. The Kier molecular flexibility index (Phi) is 14.9. The second kappa shape index (κ2) is 18.7. The normalized spacial score (nSPS) is 21.8. The summed E-state index contributed by atoms with van der Waals surface area (Å²) in [6.45, 7) is 3.50. The van der Waals surface area contributed by atoms with E-state index in [0.717, 1.165) is 6.54 Å². The molecule has 0 radical (unpaired) electrons. The fourth-order valence-electron chi connectivity index (χ4n) is 5.70. The molecule has 0 N–H and O–H groups in total. The SMILES string of the molecule is [C-]1=CC=C2CCCCCCCCCCCCC[n+]3cccc(c3)CCCCCCCCCCN1C2. The Morgan fingerprint density at radius 1 is 0.629 bits per heavy atom. The molecule has 0 aromatic carbocycles. The minimum atomic E-state index is 1.12. The monoisotopic (exact) mass is 478 g/mol. The Balaban J connectivity index is 1.35. The molecule has 2 heteroatoms. The van der Waals surface area contributed by atoms with Crippen molar-refractivity contribution in [1.82, 2.24) is 4.90 Å². The van der Waals surface area contributed by atoms with Gasteiger partial charge in [0.1, 0.15) is 6.54 Å². The average Bonchev–Trinajstić information content (AvgIpc) is 2.88. The van der Waals surface area contributed by atoms with Crippen molar-refractivity contribution in [2.24, 2.45) is 0 Å². The average molecular weight is 479 g/mol. The minimum Gasteiger partial charge on any atom is -0.462 e. The van der Waals surface area contributed by atoms with Gasteiger partial charge in [0.2, 0.25) is 0 Å². The van der Waals surface area contributed by atoms with Crippen molar-refractivity contribution in [3.05, 3.63) is 54.0 Å². The Bertz CT molecular complexity index is 720. The van der Waals surface area contributed by atoms with Crippen LogP contribution in [-0.4, -0.2) is 18.0 Å². The van der Waals surface area contributed by atoms with Crippen LogP contribution in [0.1, 0.15) is 134 Å². The highest BCUT2D eigenvalue weighted by atomic mass is 15.1. The molecule has 0 saturated heterocycles. The van der Waals surface area contributed by atoms with Crippen LogP contribution >= 0.6 is 0 Å². The van der Waals surface area contributed by atoms with E-state index < -0.39 is 0 Å². The van der Waals surface area contributed by atoms with Gasteiger partial charge in [-0.15, -0.1) is 5.57 Å². The minimum absolute atomic E-state index is 1.12. The number of nitrogens with zero attached hydrogens (tertiary/aromatic N) is 2. The lowest BCUT2D eigenvalue weighted by molar-refractivity contribution is -0.697. The maximum absolute atomic E-state index is 3.46. The summed E-state index contributed by atoms with van der Waals surface area (Å²) >= 11 is 0. The van der Waals surface area contributed by atoms with Gasteiger partial charge in [0.25, 0.3) is 0 Å². The summed E-state index contributed by atoms with van der Waals surface area (Å²) in [5.41, 5.74) is 3.15. The van der Waals surface area contributed by atoms with Gasteiger partial charge in [-0.2, -0.15) is 6.20 Å². The molecule has 35 heavy (non-hydrogen) atoms. The van der Waals surface area contributed by atoms with Crippen LogP contribution in [0.3, 0.4) is 0 Å². The Hall–Kier alpha value is -1.57. The van der Waals surface area contributed by atoms with Gasteiger partial charge in [0.05, 0.1) is 0 Å². The highest BCUT2D eigenvalue weighted by Crippen LogP contribution is 2.18. The topological polar surface area (TPSA) is 7.12 Å². The molecule has 2 aliphatic heterocycles. The number of pyridine rings is 1. The number of allylic oxidation sites excluding steroid dienone is 2. The molecule has 3 rings (SSSR count). The maximum atomic E-state index is 3.46. The van der Waals surface area contributed by atoms with Crippen molar-refractivity contribution in [3.63, 3.8) is 0 Å². The van der Waals surface area contributed by atoms with E-state index in [4.69, 9.17) is 0 Å². The molecule has 2 nitrogen and oxygen atoms in total. The third-order valence-electron chi connectivity index (χ3n) is 7.95. The summed E-state index contributed by atoms with van der Waals surface area (Å²) < 4.78 is 2.43. The fraction of sp³-hybridized carbons (Fsp3) is 0.727. The van der Waals surface area contributed by atoms with Crippen LogP contribution < -0.4 is 4.57 Å². The molecular weight excluding hydrogens is 424 g/mol. The van der Waals surface area contributed by atoms with Gasteiger partial charge in [-0.3, -0.25) is 0 Å². The van der Waals surface area contributed by atoms with E-state index in [1.165, 1.54) is 153 Å². The number of hydrogen-bond acceptors (Lipinski definition) is 1. The first kappa shape index (κ1) is 28.0. The zero-order chi connectivity index (χ0) is 24.2. The van der Waals surface area contributed by atoms with E-state index in [1.54, 1.807) is 5.57 Å². The summed E-state index contributed by atoms with van der Waals surface area (Å²) in [5, 5.41) is 0. The van der Waals surface area contributed by atoms with E-state index in [-0.39, 0.29) is 0 Å². The van der Waals surface area contributed by atoms with Crippen LogP contribution in [0, 0.1) is 6.20 Å². The molecule has 0 spiro atoms. The number of aromatic nitrogens is 1. The second-order valence-corrected chi connectivity index (χ2v) is 11.2. The van der Waals surface area contributed by atoms with E-state index in [0.29, 0.717) is 0 Å². The lowest BCUT2D eigenvalue weighted by Gasteiger charge is -2.32. The van der Waals surface area contributed by atoms with E-state index in [9.17, 15) is 0 Å². The highest BCUT2D eigenvalue weighted by molar-refractivity contribution is 5.16. The van der Waals surface area contributed by atoms with Crippen LogP contribution in [0.4, 0.5) is 0 Å². The van der Waals surface area contributed by atoms with Gasteiger partial charge in [0, 0.05) is 24.6 Å². The zero-order valence-corrected chi connectivity index (χ0v) is 22.8. The Morgan fingerprint density at radius 2 is 1.20 bits per heavy atom.